The van der Waals surface area contributed by atoms with Crippen LogP contribution in [0.4, 0.5) is 11.4 Å². The zero-order valence-corrected chi connectivity index (χ0v) is 16.0. The minimum Gasteiger partial charge on any atom is -0.505 e. The molecule has 0 aliphatic carbocycles. The molecule has 0 atom stereocenters. The summed E-state index contributed by atoms with van der Waals surface area (Å²) in [6.07, 6.45) is 0. The molecule has 0 amide bonds. The number of nitrogens with zero attached hydrogens (tertiary/aromatic N) is 2. The van der Waals surface area contributed by atoms with Gasteiger partial charge in [0.1, 0.15) is 17.2 Å². The van der Waals surface area contributed by atoms with Gasteiger partial charge in [0.15, 0.2) is 0 Å². The summed E-state index contributed by atoms with van der Waals surface area (Å²) in [7, 11) is 0. The summed E-state index contributed by atoms with van der Waals surface area (Å²) in [5.74, 6) is -0.0866. The predicted molar refractivity (Wildman–Crippen MR) is 104 cm³/mol. The molecule has 0 heterocycles. The third kappa shape index (κ3) is 5.67. The molecule has 0 aromatic heterocycles. The molecule has 142 valence electrons. The summed E-state index contributed by atoms with van der Waals surface area (Å²) in [4.78, 5) is 11.5. The molecule has 6 heteroatoms. The third-order valence-corrected chi connectivity index (χ3v) is 3.66. The van der Waals surface area contributed by atoms with Crippen LogP contribution < -0.4 is 4.74 Å². The lowest BCUT2D eigenvalue weighted by atomic mass is 9.86. The van der Waals surface area contributed by atoms with Crippen molar-refractivity contribution in [3.63, 3.8) is 0 Å². The number of phenols is 1. The Kier molecular flexibility index (Phi) is 6.34. The molecule has 27 heavy (non-hydrogen) atoms. The maximum atomic E-state index is 11.5. The van der Waals surface area contributed by atoms with Crippen molar-refractivity contribution in [2.45, 2.75) is 33.1 Å². The maximum absolute atomic E-state index is 11.5. The number of azo groups is 1. The second kappa shape index (κ2) is 8.49. The quantitative estimate of drug-likeness (QED) is 0.313. The zero-order valence-electron chi connectivity index (χ0n) is 16.0. The van der Waals surface area contributed by atoms with Gasteiger partial charge in [-0.05, 0) is 30.5 Å². The number of hydrogen-bond donors (Lipinski definition) is 1. The third-order valence-electron chi connectivity index (χ3n) is 3.66. The Morgan fingerprint density at radius 1 is 1.15 bits per heavy atom. The average Bonchev–Trinajstić information content (AvgIpc) is 2.61. The van der Waals surface area contributed by atoms with E-state index >= 15 is 0 Å². The van der Waals surface area contributed by atoms with Gasteiger partial charge in [-0.25, -0.2) is 4.79 Å². The Morgan fingerprint density at radius 2 is 1.81 bits per heavy atom. The van der Waals surface area contributed by atoms with E-state index in [9.17, 15) is 9.90 Å². The molecule has 0 saturated heterocycles. The Balaban J connectivity index is 2.30. The molecule has 0 radical (unpaired) electrons. The van der Waals surface area contributed by atoms with E-state index in [2.05, 4.69) is 16.8 Å². The first-order valence-electron chi connectivity index (χ1n) is 8.48. The highest BCUT2D eigenvalue weighted by Gasteiger charge is 2.22. The first-order chi connectivity index (χ1) is 12.7. The number of rotatable bonds is 6. The van der Waals surface area contributed by atoms with E-state index in [4.69, 9.17) is 9.47 Å². The number of esters is 1. The largest absolute Gasteiger partial charge is 0.505 e. The van der Waals surface area contributed by atoms with Gasteiger partial charge in [0.25, 0.3) is 0 Å². The summed E-state index contributed by atoms with van der Waals surface area (Å²) in [6, 6.07) is 12.5. The van der Waals surface area contributed by atoms with E-state index < -0.39 is 5.97 Å². The van der Waals surface area contributed by atoms with Gasteiger partial charge >= 0.3 is 5.97 Å². The number of benzene rings is 2. The van der Waals surface area contributed by atoms with Crippen LogP contribution in [0.25, 0.3) is 0 Å². The van der Waals surface area contributed by atoms with Crippen LogP contribution in [0.15, 0.2) is 64.8 Å². The normalized spacial score (nSPS) is 11.4. The van der Waals surface area contributed by atoms with Crippen LogP contribution in [0.2, 0.25) is 0 Å². The SMILES string of the molecule is C=C(C)C(=O)OCOc1cc(N=Nc2ccccc2)c(O)c(C(C)(C)C)c1. The molecule has 2 aromatic rings. The van der Waals surface area contributed by atoms with Crippen molar-refractivity contribution < 1.29 is 19.4 Å². The standard InChI is InChI=1S/C21H24N2O4/c1-14(2)20(25)27-13-26-16-11-17(21(3,4)5)19(24)18(12-16)23-22-15-9-7-6-8-10-15/h6-12,24H,1,13H2,2-5H3. The fraction of sp³-hybridized carbons (Fsp3) is 0.286. The fourth-order valence-electron chi connectivity index (χ4n) is 2.21. The van der Waals surface area contributed by atoms with Crippen molar-refractivity contribution in [1.82, 2.24) is 0 Å². The number of hydrogen-bond acceptors (Lipinski definition) is 6. The fourth-order valence-corrected chi connectivity index (χ4v) is 2.21. The molecular formula is C21H24N2O4. The molecule has 2 rings (SSSR count). The molecule has 0 aliphatic rings. The van der Waals surface area contributed by atoms with Crippen molar-refractivity contribution in [1.29, 1.82) is 0 Å². The van der Waals surface area contributed by atoms with Crippen LogP contribution in [0.1, 0.15) is 33.3 Å². The number of carbonyl (C=O) groups excluding carboxylic acids is 1. The molecule has 6 nitrogen and oxygen atoms in total. The minimum absolute atomic E-state index is 0.0356. The highest BCUT2D eigenvalue weighted by molar-refractivity contribution is 5.86. The first-order valence-corrected chi connectivity index (χ1v) is 8.48. The van der Waals surface area contributed by atoms with Crippen LogP contribution in [-0.2, 0) is 14.9 Å². The van der Waals surface area contributed by atoms with Gasteiger partial charge in [0, 0.05) is 17.2 Å². The van der Waals surface area contributed by atoms with E-state index in [1.54, 1.807) is 19.1 Å². The van der Waals surface area contributed by atoms with Gasteiger partial charge in [-0.3, -0.25) is 0 Å². The molecule has 1 N–H and O–H groups in total. The lowest BCUT2D eigenvalue weighted by molar-refractivity contribution is -0.145. The molecule has 0 aliphatic heterocycles. The van der Waals surface area contributed by atoms with Crippen molar-refractivity contribution in [3.8, 4) is 11.5 Å². The average molecular weight is 368 g/mol. The Bertz CT molecular complexity index is 852. The van der Waals surface area contributed by atoms with Gasteiger partial charge in [0.2, 0.25) is 6.79 Å². The molecule has 2 aromatic carbocycles. The van der Waals surface area contributed by atoms with Gasteiger partial charge in [-0.2, -0.15) is 5.11 Å². The Hall–Kier alpha value is -3.15. The molecule has 0 unspecified atom stereocenters. The van der Waals surface area contributed by atoms with Crippen LogP contribution in [0.5, 0.6) is 11.5 Å². The van der Waals surface area contributed by atoms with Crippen LogP contribution in [-0.4, -0.2) is 17.9 Å². The van der Waals surface area contributed by atoms with Gasteiger partial charge < -0.3 is 14.6 Å². The van der Waals surface area contributed by atoms with E-state index in [0.29, 0.717) is 17.0 Å². The van der Waals surface area contributed by atoms with Crippen LogP contribution in [0, 0.1) is 0 Å². The Labute approximate surface area is 159 Å². The van der Waals surface area contributed by atoms with E-state index in [1.165, 1.54) is 0 Å². The van der Waals surface area contributed by atoms with E-state index in [-0.39, 0.29) is 29.2 Å². The summed E-state index contributed by atoms with van der Waals surface area (Å²) in [5.41, 5.74) is 1.52. The molecule has 0 spiro atoms. The highest BCUT2D eigenvalue weighted by atomic mass is 16.7. The topological polar surface area (TPSA) is 80.5 Å². The molecule has 0 saturated carbocycles. The second-order valence-corrected chi connectivity index (χ2v) is 7.10. The summed E-state index contributed by atoms with van der Waals surface area (Å²) in [5, 5.41) is 18.9. The summed E-state index contributed by atoms with van der Waals surface area (Å²) in [6.45, 7) is 10.7. The molecule has 0 bridgehead atoms. The smallest absolute Gasteiger partial charge is 0.335 e. The van der Waals surface area contributed by atoms with Gasteiger partial charge in [-0.1, -0.05) is 45.5 Å². The number of carbonyl (C=O) groups is 1. The summed E-state index contributed by atoms with van der Waals surface area (Å²) >= 11 is 0. The van der Waals surface area contributed by atoms with Crippen LogP contribution in [0.3, 0.4) is 0 Å². The van der Waals surface area contributed by atoms with Gasteiger partial charge in [-0.15, -0.1) is 5.11 Å². The molecule has 0 fully saturated rings. The second-order valence-electron chi connectivity index (χ2n) is 7.10. The summed E-state index contributed by atoms with van der Waals surface area (Å²) < 4.78 is 10.5. The number of phenolic OH excluding ortho intramolecular Hbond substituents is 1. The minimum atomic E-state index is -0.534. The van der Waals surface area contributed by atoms with E-state index in [0.717, 1.165) is 0 Å². The van der Waals surface area contributed by atoms with E-state index in [1.807, 2.05) is 51.1 Å². The van der Waals surface area contributed by atoms with Crippen molar-refractivity contribution in [3.05, 3.63) is 60.2 Å². The predicted octanol–water partition coefficient (Wildman–Crippen LogP) is 5.56. The zero-order chi connectivity index (χ0) is 20.0. The van der Waals surface area contributed by atoms with Crippen molar-refractivity contribution >= 4 is 17.3 Å². The van der Waals surface area contributed by atoms with Gasteiger partial charge in [0.05, 0.1) is 5.69 Å². The Morgan fingerprint density at radius 3 is 2.41 bits per heavy atom. The number of aromatic hydroxyl groups is 1. The maximum Gasteiger partial charge on any atom is 0.335 e. The monoisotopic (exact) mass is 368 g/mol. The van der Waals surface area contributed by atoms with Crippen molar-refractivity contribution in [2.24, 2.45) is 10.2 Å². The first kappa shape index (κ1) is 20.2. The van der Waals surface area contributed by atoms with Crippen molar-refractivity contribution in [2.75, 3.05) is 6.79 Å². The number of ether oxygens (including phenoxy) is 2. The van der Waals surface area contributed by atoms with Crippen LogP contribution >= 0.6 is 0 Å². The molecular weight excluding hydrogens is 344 g/mol. The highest BCUT2D eigenvalue weighted by Crippen LogP contribution is 2.41. The lowest BCUT2D eigenvalue weighted by Gasteiger charge is -2.22. The lowest BCUT2D eigenvalue weighted by Crippen LogP contribution is -2.13.